The van der Waals surface area contributed by atoms with E-state index in [9.17, 15) is 19.5 Å². The molecular formula is C31H34N2O6. The number of carboxylic acid groups (broad SMARTS) is 1. The predicted octanol–water partition coefficient (Wildman–Crippen LogP) is 4.87. The zero-order valence-electron chi connectivity index (χ0n) is 22.1. The Labute approximate surface area is 228 Å². The van der Waals surface area contributed by atoms with Crippen LogP contribution in [0.25, 0.3) is 11.1 Å². The van der Waals surface area contributed by atoms with Crippen molar-refractivity contribution in [2.45, 2.75) is 57.4 Å². The van der Waals surface area contributed by atoms with Gasteiger partial charge in [0.1, 0.15) is 6.61 Å². The molecule has 2 amide bonds. The van der Waals surface area contributed by atoms with E-state index in [0.29, 0.717) is 6.42 Å². The molecule has 0 spiro atoms. The number of hydrogen-bond acceptors (Lipinski definition) is 5. The monoisotopic (exact) mass is 530 g/mol. The lowest BCUT2D eigenvalue weighted by atomic mass is 9.98. The van der Waals surface area contributed by atoms with Gasteiger partial charge in [0.25, 0.3) is 0 Å². The van der Waals surface area contributed by atoms with Crippen molar-refractivity contribution in [2.75, 3.05) is 6.61 Å². The van der Waals surface area contributed by atoms with Crippen LogP contribution < -0.4 is 10.6 Å². The molecule has 3 aromatic rings. The Morgan fingerprint density at radius 2 is 1.46 bits per heavy atom. The number of hydrogen-bond donors (Lipinski definition) is 3. The summed E-state index contributed by atoms with van der Waals surface area (Å²) < 4.78 is 11.3. The number of nitrogens with one attached hydrogen (secondary N) is 2. The molecule has 4 rings (SSSR count). The molecule has 3 atom stereocenters. The molecule has 0 saturated carbocycles. The maximum atomic E-state index is 12.7. The number of ether oxygens (including phenoxy) is 2. The van der Waals surface area contributed by atoms with Gasteiger partial charge in [0.2, 0.25) is 5.91 Å². The molecule has 0 bridgehead atoms. The highest BCUT2D eigenvalue weighted by Gasteiger charge is 2.30. The summed E-state index contributed by atoms with van der Waals surface area (Å²) in [6.07, 6.45) is -1.00. The van der Waals surface area contributed by atoms with E-state index in [2.05, 4.69) is 22.8 Å². The highest BCUT2D eigenvalue weighted by Crippen LogP contribution is 2.44. The predicted molar refractivity (Wildman–Crippen MR) is 147 cm³/mol. The Hall–Kier alpha value is -4.17. The lowest BCUT2D eigenvalue weighted by Crippen LogP contribution is -2.50. The Bertz CT molecular complexity index is 1250. The third kappa shape index (κ3) is 7.03. The SMILES string of the molecule is CCC(CC(=O)N[C@@H](C(=O)O)[C@H](C)OCc1ccccc1)NC(=O)OCC1c2ccccc2-c2ccccc21. The molecule has 8 heteroatoms. The van der Waals surface area contributed by atoms with Crippen LogP contribution in [0, 0.1) is 0 Å². The quantitative estimate of drug-likeness (QED) is 0.308. The Kier molecular flexibility index (Phi) is 9.33. The molecule has 3 N–H and O–H groups in total. The second-order valence-corrected chi connectivity index (χ2v) is 9.66. The Morgan fingerprint density at radius 3 is 2.05 bits per heavy atom. The van der Waals surface area contributed by atoms with Gasteiger partial charge in [0, 0.05) is 18.4 Å². The standard InChI is InChI=1S/C31H34N2O6/c1-3-22(17-28(34)33-29(30(35)36)20(2)38-18-21-11-5-4-6-12-21)32-31(37)39-19-27-25-15-9-7-13-23(25)24-14-8-10-16-26(24)27/h4-16,20,22,27,29H,3,17-19H2,1-2H3,(H,32,37)(H,33,34)(H,35,36)/t20-,22?,29+/m0/s1. The highest BCUT2D eigenvalue weighted by atomic mass is 16.5. The van der Waals surface area contributed by atoms with Gasteiger partial charge in [-0.25, -0.2) is 9.59 Å². The smallest absolute Gasteiger partial charge is 0.407 e. The summed E-state index contributed by atoms with van der Waals surface area (Å²) in [4.78, 5) is 37.2. The molecule has 204 valence electrons. The third-order valence-electron chi connectivity index (χ3n) is 7.00. The molecular weight excluding hydrogens is 496 g/mol. The topological polar surface area (TPSA) is 114 Å². The van der Waals surface area contributed by atoms with Gasteiger partial charge in [0.15, 0.2) is 6.04 Å². The third-order valence-corrected chi connectivity index (χ3v) is 7.00. The zero-order chi connectivity index (χ0) is 27.8. The van der Waals surface area contributed by atoms with Crippen LogP contribution in [0.15, 0.2) is 78.9 Å². The number of fused-ring (bicyclic) bond motifs is 3. The summed E-state index contributed by atoms with van der Waals surface area (Å²) in [5, 5.41) is 14.9. The van der Waals surface area contributed by atoms with E-state index in [-0.39, 0.29) is 25.6 Å². The van der Waals surface area contributed by atoms with Crippen LogP contribution >= 0.6 is 0 Å². The largest absolute Gasteiger partial charge is 0.480 e. The summed E-state index contributed by atoms with van der Waals surface area (Å²) in [6, 6.07) is 23.8. The summed E-state index contributed by atoms with van der Waals surface area (Å²) in [7, 11) is 0. The van der Waals surface area contributed by atoms with Crippen molar-refractivity contribution in [3.8, 4) is 11.1 Å². The molecule has 3 aromatic carbocycles. The summed E-state index contributed by atoms with van der Waals surface area (Å²) in [6.45, 7) is 3.83. The zero-order valence-corrected chi connectivity index (χ0v) is 22.1. The van der Waals surface area contributed by atoms with Gasteiger partial charge in [0.05, 0.1) is 12.7 Å². The molecule has 0 aliphatic heterocycles. The maximum absolute atomic E-state index is 12.7. The van der Waals surface area contributed by atoms with Gasteiger partial charge in [-0.15, -0.1) is 0 Å². The molecule has 0 heterocycles. The first kappa shape index (κ1) is 27.9. The maximum Gasteiger partial charge on any atom is 0.407 e. The van der Waals surface area contributed by atoms with E-state index in [1.165, 1.54) is 0 Å². The van der Waals surface area contributed by atoms with Crippen LogP contribution in [0.5, 0.6) is 0 Å². The molecule has 0 aromatic heterocycles. The number of alkyl carbamates (subject to hydrolysis) is 1. The lowest BCUT2D eigenvalue weighted by molar-refractivity contribution is -0.146. The fraction of sp³-hybridized carbons (Fsp3) is 0.323. The van der Waals surface area contributed by atoms with Gasteiger partial charge in [-0.05, 0) is 41.2 Å². The average Bonchev–Trinajstić information content (AvgIpc) is 3.27. The van der Waals surface area contributed by atoms with Crippen LogP contribution in [0.1, 0.15) is 49.3 Å². The molecule has 1 aliphatic carbocycles. The van der Waals surface area contributed by atoms with Crippen molar-refractivity contribution in [1.82, 2.24) is 10.6 Å². The Balaban J connectivity index is 1.28. The average molecular weight is 531 g/mol. The van der Waals surface area contributed by atoms with Crippen molar-refractivity contribution in [3.05, 3.63) is 95.6 Å². The van der Waals surface area contributed by atoms with Crippen molar-refractivity contribution >= 4 is 18.0 Å². The van der Waals surface area contributed by atoms with Gasteiger partial charge in [-0.1, -0.05) is 85.8 Å². The normalized spacial score (nSPS) is 14.4. The second-order valence-electron chi connectivity index (χ2n) is 9.66. The first-order valence-corrected chi connectivity index (χ1v) is 13.2. The molecule has 0 fully saturated rings. The molecule has 8 nitrogen and oxygen atoms in total. The fourth-order valence-corrected chi connectivity index (χ4v) is 4.84. The summed E-state index contributed by atoms with van der Waals surface area (Å²) in [5.74, 6) is -1.76. The number of carboxylic acids is 1. The molecule has 39 heavy (non-hydrogen) atoms. The molecule has 1 unspecified atom stereocenters. The van der Waals surface area contributed by atoms with Crippen LogP contribution in [-0.2, 0) is 25.7 Å². The molecule has 0 saturated heterocycles. The van der Waals surface area contributed by atoms with Gasteiger partial charge in [-0.3, -0.25) is 4.79 Å². The number of amides is 2. The summed E-state index contributed by atoms with van der Waals surface area (Å²) in [5.41, 5.74) is 5.40. The minimum Gasteiger partial charge on any atom is -0.480 e. The lowest BCUT2D eigenvalue weighted by Gasteiger charge is -2.23. The fourth-order valence-electron chi connectivity index (χ4n) is 4.84. The van der Waals surface area contributed by atoms with Crippen molar-refractivity contribution in [3.63, 3.8) is 0 Å². The second kappa shape index (κ2) is 13.1. The number of benzene rings is 3. The molecule has 1 aliphatic rings. The van der Waals surface area contributed by atoms with E-state index in [1.54, 1.807) is 6.92 Å². The highest BCUT2D eigenvalue weighted by molar-refractivity contribution is 5.84. The van der Waals surface area contributed by atoms with Gasteiger partial charge in [-0.2, -0.15) is 0 Å². The van der Waals surface area contributed by atoms with Crippen molar-refractivity contribution < 1.29 is 29.0 Å². The Morgan fingerprint density at radius 1 is 0.872 bits per heavy atom. The summed E-state index contributed by atoms with van der Waals surface area (Å²) >= 11 is 0. The van der Waals surface area contributed by atoms with Gasteiger partial charge < -0.3 is 25.2 Å². The van der Waals surface area contributed by atoms with Crippen LogP contribution in [0.4, 0.5) is 4.79 Å². The van der Waals surface area contributed by atoms with Crippen LogP contribution in [0.3, 0.4) is 0 Å². The van der Waals surface area contributed by atoms with E-state index in [0.717, 1.165) is 27.8 Å². The first-order chi connectivity index (χ1) is 18.9. The minimum atomic E-state index is -1.23. The molecule has 0 radical (unpaired) electrons. The number of carbonyl (C=O) groups excluding carboxylic acids is 2. The van der Waals surface area contributed by atoms with Crippen molar-refractivity contribution in [1.29, 1.82) is 0 Å². The van der Waals surface area contributed by atoms with E-state index in [1.807, 2.05) is 73.7 Å². The van der Waals surface area contributed by atoms with Gasteiger partial charge >= 0.3 is 12.1 Å². The minimum absolute atomic E-state index is 0.0692. The van der Waals surface area contributed by atoms with E-state index >= 15 is 0 Å². The van der Waals surface area contributed by atoms with Crippen LogP contribution in [0.2, 0.25) is 0 Å². The first-order valence-electron chi connectivity index (χ1n) is 13.2. The van der Waals surface area contributed by atoms with Crippen LogP contribution in [-0.4, -0.2) is 47.9 Å². The number of aliphatic carboxylic acids is 1. The number of rotatable bonds is 12. The van der Waals surface area contributed by atoms with E-state index in [4.69, 9.17) is 9.47 Å². The van der Waals surface area contributed by atoms with E-state index < -0.39 is 36.2 Å². The number of carbonyl (C=O) groups is 3. The van der Waals surface area contributed by atoms with Crippen molar-refractivity contribution in [2.24, 2.45) is 0 Å².